The predicted octanol–water partition coefficient (Wildman–Crippen LogP) is 3.59. The topological polar surface area (TPSA) is 79.4 Å². The Morgan fingerprint density at radius 3 is 2.72 bits per heavy atom. The van der Waals surface area contributed by atoms with Crippen LogP contribution in [0.15, 0.2) is 54.9 Å². The molecular formula is C19H18N6. The molecule has 6 heteroatoms. The van der Waals surface area contributed by atoms with Crippen LogP contribution in [0.1, 0.15) is 18.4 Å². The summed E-state index contributed by atoms with van der Waals surface area (Å²) >= 11 is 0. The van der Waals surface area contributed by atoms with Crippen LogP contribution in [-0.4, -0.2) is 25.1 Å². The summed E-state index contributed by atoms with van der Waals surface area (Å²) in [7, 11) is 0. The van der Waals surface area contributed by atoms with Gasteiger partial charge in [-0.25, -0.2) is 4.98 Å². The molecule has 0 aliphatic rings. The highest BCUT2D eigenvalue weighted by Gasteiger charge is 2.08. The van der Waals surface area contributed by atoms with Crippen LogP contribution in [0.2, 0.25) is 0 Å². The molecule has 124 valence electrons. The van der Waals surface area contributed by atoms with Gasteiger partial charge in [-0.3, -0.25) is 15.1 Å². The quantitative estimate of drug-likeness (QED) is 0.584. The number of H-pyrrole nitrogens is 1. The Bertz CT molecular complexity index is 993. The fraction of sp³-hybridized carbons (Fsp3) is 0.158. The highest BCUT2D eigenvalue weighted by atomic mass is 15.2. The molecule has 3 heterocycles. The van der Waals surface area contributed by atoms with Crippen molar-refractivity contribution in [3.63, 3.8) is 0 Å². The average molecular weight is 330 g/mol. The van der Waals surface area contributed by atoms with Crippen molar-refractivity contribution in [1.29, 1.82) is 0 Å². The second kappa shape index (κ2) is 6.68. The number of benzene rings is 1. The largest absolute Gasteiger partial charge is 0.377 e. The van der Waals surface area contributed by atoms with Gasteiger partial charge in [-0.15, -0.1) is 0 Å². The molecule has 0 aliphatic carbocycles. The van der Waals surface area contributed by atoms with Crippen LogP contribution < -0.4 is 5.32 Å². The van der Waals surface area contributed by atoms with Crippen LogP contribution >= 0.6 is 0 Å². The number of pyridine rings is 2. The SMILES string of the molecule is CCc1cc(NCc2nc(-c3ccncc3)n[nH]2)c2ccccc2n1. The molecule has 0 amide bonds. The summed E-state index contributed by atoms with van der Waals surface area (Å²) in [5.74, 6) is 1.46. The number of aromatic amines is 1. The molecule has 0 saturated heterocycles. The maximum atomic E-state index is 4.67. The Morgan fingerprint density at radius 1 is 1.04 bits per heavy atom. The van der Waals surface area contributed by atoms with E-state index in [9.17, 15) is 0 Å². The van der Waals surface area contributed by atoms with E-state index in [2.05, 4.69) is 49.5 Å². The third-order valence-corrected chi connectivity index (χ3v) is 4.05. The summed E-state index contributed by atoms with van der Waals surface area (Å²) in [6, 6.07) is 14.0. The fourth-order valence-corrected chi connectivity index (χ4v) is 2.74. The van der Waals surface area contributed by atoms with Crippen molar-refractivity contribution in [2.24, 2.45) is 0 Å². The number of hydrogen-bond donors (Lipinski definition) is 2. The van der Waals surface area contributed by atoms with Crippen molar-refractivity contribution in [2.45, 2.75) is 19.9 Å². The Balaban J connectivity index is 1.58. The van der Waals surface area contributed by atoms with Crippen molar-refractivity contribution in [3.8, 4) is 11.4 Å². The summed E-state index contributed by atoms with van der Waals surface area (Å²) < 4.78 is 0. The van der Waals surface area contributed by atoms with Gasteiger partial charge in [0.15, 0.2) is 5.82 Å². The van der Waals surface area contributed by atoms with E-state index in [0.717, 1.165) is 40.1 Å². The van der Waals surface area contributed by atoms with Gasteiger partial charge in [-0.2, -0.15) is 5.10 Å². The maximum absolute atomic E-state index is 4.67. The van der Waals surface area contributed by atoms with Gasteiger partial charge in [0.25, 0.3) is 0 Å². The zero-order chi connectivity index (χ0) is 17.1. The number of anilines is 1. The zero-order valence-electron chi connectivity index (χ0n) is 13.9. The van der Waals surface area contributed by atoms with Gasteiger partial charge in [0, 0.05) is 34.7 Å². The van der Waals surface area contributed by atoms with Gasteiger partial charge in [0.2, 0.25) is 0 Å². The smallest absolute Gasteiger partial charge is 0.181 e. The van der Waals surface area contributed by atoms with Gasteiger partial charge in [-0.1, -0.05) is 25.1 Å². The Hall–Kier alpha value is -3.28. The third kappa shape index (κ3) is 3.19. The minimum absolute atomic E-state index is 0.565. The van der Waals surface area contributed by atoms with Crippen LogP contribution in [-0.2, 0) is 13.0 Å². The molecule has 0 spiro atoms. The zero-order valence-corrected chi connectivity index (χ0v) is 13.9. The van der Waals surface area contributed by atoms with Crippen molar-refractivity contribution in [1.82, 2.24) is 25.1 Å². The number of nitrogens with zero attached hydrogens (tertiary/aromatic N) is 4. The number of nitrogens with one attached hydrogen (secondary N) is 2. The van der Waals surface area contributed by atoms with Gasteiger partial charge in [0.05, 0.1) is 12.1 Å². The van der Waals surface area contributed by atoms with E-state index < -0.39 is 0 Å². The Kier molecular flexibility index (Phi) is 4.08. The number of hydrogen-bond acceptors (Lipinski definition) is 5. The summed E-state index contributed by atoms with van der Waals surface area (Å²) in [5, 5.41) is 11.8. The highest BCUT2D eigenvalue weighted by molar-refractivity contribution is 5.91. The number of aryl methyl sites for hydroxylation is 1. The van der Waals surface area contributed by atoms with Crippen LogP contribution in [0.3, 0.4) is 0 Å². The lowest BCUT2D eigenvalue weighted by atomic mass is 10.1. The maximum Gasteiger partial charge on any atom is 0.181 e. The van der Waals surface area contributed by atoms with Gasteiger partial charge < -0.3 is 5.32 Å². The number of rotatable bonds is 5. The molecule has 6 nitrogen and oxygen atoms in total. The summed E-state index contributed by atoms with van der Waals surface area (Å²) in [6.45, 7) is 2.67. The lowest BCUT2D eigenvalue weighted by Gasteiger charge is -2.10. The fourth-order valence-electron chi connectivity index (χ4n) is 2.74. The Morgan fingerprint density at radius 2 is 1.88 bits per heavy atom. The first-order chi connectivity index (χ1) is 12.3. The molecule has 4 aromatic rings. The first kappa shape index (κ1) is 15.3. The molecule has 0 fully saturated rings. The molecule has 3 aromatic heterocycles. The summed E-state index contributed by atoms with van der Waals surface area (Å²) in [6.07, 6.45) is 4.37. The predicted molar refractivity (Wildman–Crippen MR) is 98.1 cm³/mol. The molecule has 0 radical (unpaired) electrons. The van der Waals surface area contributed by atoms with Gasteiger partial charge >= 0.3 is 0 Å². The molecule has 25 heavy (non-hydrogen) atoms. The lowest BCUT2D eigenvalue weighted by molar-refractivity contribution is 0.954. The highest BCUT2D eigenvalue weighted by Crippen LogP contribution is 2.24. The molecular weight excluding hydrogens is 312 g/mol. The second-order valence-corrected chi connectivity index (χ2v) is 5.73. The van der Waals surface area contributed by atoms with E-state index in [0.29, 0.717) is 12.4 Å². The lowest BCUT2D eigenvalue weighted by Crippen LogP contribution is -2.03. The van der Waals surface area contributed by atoms with Gasteiger partial charge in [0.1, 0.15) is 5.82 Å². The van der Waals surface area contributed by atoms with Crippen molar-refractivity contribution in [3.05, 3.63) is 66.4 Å². The molecule has 0 unspecified atom stereocenters. The van der Waals surface area contributed by atoms with E-state index in [1.165, 1.54) is 0 Å². The third-order valence-electron chi connectivity index (χ3n) is 4.05. The molecule has 4 rings (SSSR count). The van der Waals surface area contributed by atoms with Gasteiger partial charge in [-0.05, 0) is 30.7 Å². The molecule has 0 bridgehead atoms. The van der Waals surface area contributed by atoms with Crippen LogP contribution in [0, 0.1) is 0 Å². The van der Waals surface area contributed by atoms with Crippen molar-refractivity contribution >= 4 is 16.6 Å². The number of aromatic nitrogens is 5. The number of para-hydroxylation sites is 1. The molecule has 2 N–H and O–H groups in total. The second-order valence-electron chi connectivity index (χ2n) is 5.73. The molecule has 0 saturated carbocycles. The average Bonchev–Trinajstić information content (AvgIpc) is 3.15. The minimum atomic E-state index is 0.565. The molecule has 0 aliphatic heterocycles. The first-order valence-corrected chi connectivity index (χ1v) is 8.27. The van der Waals surface area contributed by atoms with Crippen LogP contribution in [0.5, 0.6) is 0 Å². The summed E-state index contributed by atoms with van der Waals surface area (Å²) in [5.41, 5.74) is 4.07. The van der Waals surface area contributed by atoms with E-state index in [-0.39, 0.29) is 0 Å². The summed E-state index contributed by atoms with van der Waals surface area (Å²) in [4.78, 5) is 13.2. The molecule has 0 atom stereocenters. The van der Waals surface area contributed by atoms with E-state index >= 15 is 0 Å². The van der Waals surface area contributed by atoms with Crippen molar-refractivity contribution < 1.29 is 0 Å². The van der Waals surface area contributed by atoms with Crippen molar-refractivity contribution in [2.75, 3.05) is 5.32 Å². The number of fused-ring (bicyclic) bond motifs is 1. The van der Waals surface area contributed by atoms with E-state index in [4.69, 9.17) is 0 Å². The van der Waals surface area contributed by atoms with E-state index in [1.807, 2.05) is 30.3 Å². The first-order valence-electron chi connectivity index (χ1n) is 8.27. The standard InChI is InChI=1S/C19H18N6/c1-2-14-11-17(15-5-3-4-6-16(15)22-14)21-12-18-23-19(25-24-18)13-7-9-20-10-8-13/h3-11H,2,12H2,1H3,(H,21,22)(H,23,24,25). The van der Waals surface area contributed by atoms with Crippen LogP contribution in [0.4, 0.5) is 5.69 Å². The minimum Gasteiger partial charge on any atom is -0.377 e. The monoisotopic (exact) mass is 330 g/mol. The Labute approximate surface area is 145 Å². The normalized spacial score (nSPS) is 10.9. The molecule has 1 aromatic carbocycles. The van der Waals surface area contributed by atoms with Crippen LogP contribution in [0.25, 0.3) is 22.3 Å². The van der Waals surface area contributed by atoms with E-state index in [1.54, 1.807) is 12.4 Å².